The standard InChI is InChI=1S/C53H50O7/c1-54-46-32-34-47(35-33-46)59-52-51(57-38-42-24-12-4-13-25-42)50(56-37-41-22-10-3-11-23-41)49(55-36-40-20-8-2-9-21-40)48(60-52)39-58-53(43-26-14-5-15-27-43,44-28-16-6-17-29-44)45-30-18-7-19-31-45/h2-35,48-52H,36-39H2,1H3/t48-,49+,50+,51-,52+/m1/s1. The highest BCUT2D eigenvalue weighted by Crippen LogP contribution is 2.42. The van der Waals surface area contributed by atoms with Crippen molar-refractivity contribution in [2.24, 2.45) is 0 Å². The lowest BCUT2D eigenvalue weighted by Gasteiger charge is -2.47. The lowest BCUT2D eigenvalue weighted by molar-refractivity contribution is -0.312. The fourth-order valence-corrected chi connectivity index (χ4v) is 7.74. The number of methoxy groups -OCH3 is 1. The Kier molecular flexibility index (Phi) is 13.8. The van der Waals surface area contributed by atoms with E-state index < -0.39 is 36.3 Å². The van der Waals surface area contributed by atoms with Crippen molar-refractivity contribution in [3.05, 3.63) is 240 Å². The third kappa shape index (κ3) is 9.86. The molecule has 0 bridgehead atoms. The van der Waals surface area contributed by atoms with Crippen molar-refractivity contribution in [2.75, 3.05) is 13.7 Å². The highest BCUT2D eigenvalue weighted by Gasteiger charge is 2.51. The van der Waals surface area contributed by atoms with Crippen LogP contribution < -0.4 is 9.47 Å². The van der Waals surface area contributed by atoms with E-state index in [2.05, 4.69) is 60.7 Å². The highest BCUT2D eigenvalue weighted by molar-refractivity contribution is 5.47. The van der Waals surface area contributed by atoms with Gasteiger partial charge in [0.2, 0.25) is 6.29 Å². The maximum absolute atomic E-state index is 7.44. The van der Waals surface area contributed by atoms with Gasteiger partial charge >= 0.3 is 0 Å². The maximum Gasteiger partial charge on any atom is 0.229 e. The van der Waals surface area contributed by atoms with Crippen molar-refractivity contribution in [3.8, 4) is 11.5 Å². The monoisotopic (exact) mass is 798 g/mol. The predicted molar refractivity (Wildman–Crippen MR) is 232 cm³/mol. The first-order valence-corrected chi connectivity index (χ1v) is 20.4. The Morgan fingerprint density at radius 1 is 0.417 bits per heavy atom. The lowest BCUT2D eigenvalue weighted by atomic mass is 9.80. The Morgan fingerprint density at radius 3 is 1.20 bits per heavy atom. The largest absolute Gasteiger partial charge is 0.497 e. The van der Waals surface area contributed by atoms with Crippen LogP contribution in [0.15, 0.2) is 206 Å². The molecule has 304 valence electrons. The Labute approximate surface area is 353 Å². The summed E-state index contributed by atoms with van der Waals surface area (Å²) in [5.41, 5.74) is 4.97. The van der Waals surface area contributed by atoms with Crippen LogP contribution in [0.4, 0.5) is 0 Å². The van der Waals surface area contributed by atoms with Gasteiger partial charge in [0.1, 0.15) is 41.5 Å². The molecule has 1 heterocycles. The Hall–Kier alpha value is -6.06. The summed E-state index contributed by atoms with van der Waals surface area (Å²) in [5, 5.41) is 0. The molecule has 7 nitrogen and oxygen atoms in total. The molecule has 0 aromatic heterocycles. The van der Waals surface area contributed by atoms with Crippen LogP contribution in [0.5, 0.6) is 11.5 Å². The smallest absolute Gasteiger partial charge is 0.229 e. The van der Waals surface area contributed by atoms with Crippen molar-refractivity contribution in [1.29, 1.82) is 0 Å². The molecule has 60 heavy (non-hydrogen) atoms. The molecular formula is C53H50O7. The van der Waals surface area contributed by atoms with Crippen LogP contribution in [0.2, 0.25) is 0 Å². The summed E-state index contributed by atoms with van der Waals surface area (Å²) in [5.74, 6) is 1.30. The minimum Gasteiger partial charge on any atom is -0.497 e. The molecule has 8 rings (SSSR count). The molecule has 7 aromatic rings. The van der Waals surface area contributed by atoms with Crippen molar-refractivity contribution >= 4 is 0 Å². The van der Waals surface area contributed by atoms with Gasteiger partial charge in [-0.2, -0.15) is 0 Å². The molecule has 0 spiro atoms. The van der Waals surface area contributed by atoms with Gasteiger partial charge in [-0.15, -0.1) is 0 Å². The average Bonchev–Trinajstić information content (AvgIpc) is 3.32. The normalized spacial score (nSPS) is 19.1. The minimum atomic E-state index is -1.01. The molecule has 7 heteroatoms. The molecule has 0 unspecified atom stereocenters. The fraction of sp³-hybridized carbons (Fsp3) is 0.208. The Bertz CT molecular complexity index is 2180. The van der Waals surface area contributed by atoms with Gasteiger partial charge in [0.25, 0.3) is 0 Å². The number of ether oxygens (including phenoxy) is 7. The third-order valence-electron chi connectivity index (χ3n) is 10.8. The zero-order valence-electron chi connectivity index (χ0n) is 33.7. The highest BCUT2D eigenvalue weighted by atomic mass is 16.7. The average molecular weight is 799 g/mol. The fourth-order valence-electron chi connectivity index (χ4n) is 7.74. The maximum atomic E-state index is 7.44. The van der Waals surface area contributed by atoms with Gasteiger partial charge in [-0.05, 0) is 57.6 Å². The van der Waals surface area contributed by atoms with E-state index in [0.29, 0.717) is 31.3 Å². The van der Waals surface area contributed by atoms with Crippen LogP contribution in [-0.2, 0) is 49.1 Å². The molecule has 5 atom stereocenters. The summed E-state index contributed by atoms with van der Waals surface area (Å²) in [6.45, 7) is 1.03. The third-order valence-corrected chi connectivity index (χ3v) is 10.8. The summed E-state index contributed by atoms with van der Waals surface area (Å²) in [6.07, 6.45) is -3.67. The quantitative estimate of drug-likeness (QED) is 0.0801. The molecule has 7 aromatic carbocycles. The zero-order valence-corrected chi connectivity index (χ0v) is 33.7. The second-order valence-corrected chi connectivity index (χ2v) is 14.7. The molecule has 0 amide bonds. The molecule has 0 aliphatic carbocycles. The minimum absolute atomic E-state index is 0.108. The van der Waals surface area contributed by atoms with Gasteiger partial charge in [-0.3, -0.25) is 0 Å². The Balaban J connectivity index is 1.22. The van der Waals surface area contributed by atoms with E-state index >= 15 is 0 Å². The molecule has 1 fully saturated rings. The SMILES string of the molecule is COc1ccc(O[C@H]2O[C@H](COC(c3ccccc3)(c3ccccc3)c3ccccc3)[C@H](OCc3ccccc3)[C@H](OCc3ccccc3)[C@H]2OCc2ccccc2)cc1. The van der Waals surface area contributed by atoms with E-state index in [1.54, 1.807) is 7.11 Å². The van der Waals surface area contributed by atoms with E-state index in [-0.39, 0.29) is 6.61 Å². The molecule has 0 N–H and O–H groups in total. The number of hydrogen-bond acceptors (Lipinski definition) is 7. The summed E-state index contributed by atoms with van der Waals surface area (Å²) in [7, 11) is 1.64. The predicted octanol–water partition coefficient (Wildman–Crippen LogP) is 10.6. The van der Waals surface area contributed by atoms with Gasteiger partial charge in [0, 0.05) is 0 Å². The van der Waals surface area contributed by atoms with E-state index in [4.69, 9.17) is 33.2 Å². The lowest BCUT2D eigenvalue weighted by Crippen LogP contribution is -2.63. The second kappa shape index (κ2) is 20.3. The first-order valence-electron chi connectivity index (χ1n) is 20.4. The van der Waals surface area contributed by atoms with Crippen LogP contribution in [0.1, 0.15) is 33.4 Å². The molecule has 1 aliphatic rings. The summed E-state index contributed by atoms with van der Waals surface area (Å²) < 4.78 is 47.7. The summed E-state index contributed by atoms with van der Waals surface area (Å²) in [6, 6.07) is 68.8. The van der Waals surface area contributed by atoms with Gasteiger partial charge in [0.05, 0.1) is 33.5 Å². The van der Waals surface area contributed by atoms with Crippen LogP contribution >= 0.6 is 0 Å². The topological polar surface area (TPSA) is 64.6 Å². The van der Waals surface area contributed by atoms with Gasteiger partial charge in [-0.25, -0.2) is 0 Å². The van der Waals surface area contributed by atoms with Gasteiger partial charge in [-0.1, -0.05) is 182 Å². The van der Waals surface area contributed by atoms with Gasteiger partial charge < -0.3 is 33.2 Å². The number of hydrogen-bond donors (Lipinski definition) is 0. The first kappa shape index (κ1) is 40.7. The second-order valence-electron chi connectivity index (χ2n) is 14.7. The van der Waals surface area contributed by atoms with Crippen molar-refractivity contribution in [2.45, 2.75) is 56.1 Å². The van der Waals surface area contributed by atoms with Crippen LogP contribution in [0.25, 0.3) is 0 Å². The summed E-state index contributed by atoms with van der Waals surface area (Å²) >= 11 is 0. The molecular weight excluding hydrogens is 749 g/mol. The zero-order chi connectivity index (χ0) is 40.8. The molecule has 0 saturated carbocycles. The van der Waals surface area contributed by atoms with E-state index in [9.17, 15) is 0 Å². The van der Waals surface area contributed by atoms with Crippen LogP contribution in [0, 0.1) is 0 Å². The van der Waals surface area contributed by atoms with Crippen molar-refractivity contribution in [3.63, 3.8) is 0 Å². The van der Waals surface area contributed by atoms with Gasteiger partial charge in [0.15, 0.2) is 0 Å². The molecule has 1 saturated heterocycles. The van der Waals surface area contributed by atoms with E-state index in [1.165, 1.54) is 0 Å². The molecule has 0 radical (unpaired) electrons. The summed E-state index contributed by atoms with van der Waals surface area (Å²) in [4.78, 5) is 0. The number of rotatable bonds is 18. The van der Waals surface area contributed by atoms with E-state index in [1.807, 2.05) is 146 Å². The first-order chi connectivity index (χ1) is 29.7. The number of benzene rings is 7. The van der Waals surface area contributed by atoms with Crippen molar-refractivity contribution in [1.82, 2.24) is 0 Å². The van der Waals surface area contributed by atoms with Crippen LogP contribution in [-0.4, -0.2) is 44.4 Å². The van der Waals surface area contributed by atoms with E-state index in [0.717, 1.165) is 33.4 Å². The van der Waals surface area contributed by atoms with Crippen LogP contribution in [0.3, 0.4) is 0 Å². The molecule has 1 aliphatic heterocycles. The Morgan fingerprint density at radius 2 is 0.783 bits per heavy atom. The van der Waals surface area contributed by atoms with Crippen molar-refractivity contribution < 1.29 is 33.2 Å².